The van der Waals surface area contributed by atoms with E-state index < -0.39 is 30.0 Å². The van der Waals surface area contributed by atoms with E-state index >= 15 is 0 Å². The average Bonchev–Trinajstić information content (AvgIpc) is 2.94. The number of thiocarbonyl (C=S) groups is 1. The minimum atomic E-state index is -1.14. The number of benzene rings is 2. The maximum Gasteiger partial charge on any atom is 0.323 e. The Morgan fingerprint density at radius 2 is 1.86 bits per heavy atom. The van der Waals surface area contributed by atoms with E-state index in [-0.39, 0.29) is 16.5 Å². The Hall–Kier alpha value is -3.04. The topological polar surface area (TPSA) is 83.9 Å². The van der Waals surface area contributed by atoms with Crippen molar-refractivity contribution in [1.29, 1.82) is 0 Å². The van der Waals surface area contributed by atoms with Crippen LogP contribution in [0.1, 0.15) is 15.9 Å². The van der Waals surface area contributed by atoms with Crippen LogP contribution in [0.3, 0.4) is 0 Å². The van der Waals surface area contributed by atoms with Gasteiger partial charge in [-0.1, -0.05) is 48.2 Å². The molecule has 0 aromatic heterocycles. The fraction of sp³-hybridized carbons (Fsp3) is 0.100. The number of carboxylic acid groups (broad SMARTS) is 1. The molecule has 6 nitrogen and oxygen atoms in total. The van der Waals surface area contributed by atoms with Gasteiger partial charge in [-0.05, 0) is 35.9 Å². The Kier molecular flexibility index (Phi) is 6.40. The second-order valence-electron chi connectivity index (χ2n) is 5.92. The SMILES string of the molecule is O=C(O)CN1C(=O)/C(=C/c2ccc(OCC(=O)c3ccccc3F)cc2)SC1=S. The molecule has 1 amide bonds. The Labute approximate surface area is 175 Å². The highest BCUT2D eigenvalue weighted by atomic mass is 32.2. The quantitative estimate of drug-likeness (QED) is 0.409. The molecule has 0 spiro atoms. The highest BCUT2D eigenvalue weighted by Crippen LogP contribution is 2.32. The van der Waals surface area contributed by atoms with E-state index in [2.05, 4.69) is 0 Å². The molecule has 1 fully saturated rings. The summed E-state index contributed by atoms with van der Waals surface area (Å²) in [4.78, 5) is 36.5. The zero-order valence-corrected chi connectivity index (χ0v) is 16.5. The molecule has 0 saturated carbocycles. The third-order valence-corrected chi connectivity index (χ3v) is 5.27. The summed E-state index contributed by atoms with van der Waals surface area (Å²) in [7, 11) is 0. The average molecular weight is 431 g/mol. The second kappa shape index (κ2) is 8.97. The molecule has 148 valence electrons. The number of carbonyl (C=O) groups excluding carboxylic acids is 2. The van der Waals surface area contributed by atoms with Crippen LogP contribution in [-0.2, 0) is 9.59 Å². The van der Waals surface area contributed by atoms with E-state index in [0.717, 1.165) is 16.7 Å². The molecule has 29 heavy (non-hydrogen) atoms. The number of halogens is 1. The number of hydrogen-bond donors (Lipinski definition) is 1. The molecule has 1 saturated heterocycles. The minimum Gasteiger partial charge on any atom is -0.485 e. The standard InChI is InChI=1S/C20H14FNO5S2/c21-15-4-2-1-3-14(15)16(23)11-27-13-7-5-12(6-8-13)9-17-19(26)22(10-18(24)25)20(28)29-17/h1-9H,10-11H2,(H,24,25)/b17-9-. The smallest absolute Gasteiger partial charge is 0.323 e. The highest BCUT2D eigenvalue weighted by Gasteiger charge is 2.33. The van der Waals surface area contributed by atoms with E-state index in [1.165, 1.54) is 18.2 Å². The summed E-state index contributed by atoms with van der Waals surface area (Å²) >= 11 is 6.07. The molecule has 9 heteroatoms. The van der Waals surface area contributed by atoms with Gasteiger partial charge < -0.3 is 9.84 Å². The summed E-state index contributed by atoms with van der Waals surface area (Å²) in [5.74, 6) is -2.27. The largest absolute Gasteiger partial charge is 0.485 e. The van der Waals surface area contributed by atoms with Crippen LogP contribution < -0.4 is 4.74 Å². The molecule has 1 aliphatic heterocycles. The predicted octanol–water partition coefficient (Wildman–Crippen LogP) is 3.37. The summed E-state index contributed by atoms with van der Waals surface area (Å²) < 4.78 is 19.2. The first-order valence-corrected chi connectivity index (χ1v) is 9.55. The number of thioether (sulfide) groups is 1. The number of Topliss-reactive ketones (excluding diaryl/α,β-unsaturated/α-hetero) is 1. The molecule has 0 bridgehead atoms. The number of rotatable bonds is 7. The van der Waals surface area contributed by atoms with Gasteiger partial charge in [0.2, 0.25) is 5.78 Å². The monoisotopic (exact) mass is 431 g/mol. The van der Waals surface area contributed by atoms with Gasteiger partial charge in [0, 0.05) is 0 Å². The maximum absolute atomic E-state index is 13.6. The van der Waals surface area contributed by atoms with Crippen LogP contribution >= 0.6 is 24.0 Å². The van der Waals surface area contributed by atoms with Gasteiger partial charge in [0.05, 0.1) is 10.5 Å². The van der Waals surface area contributed by atoms with Crippen LogP contribution in [0.4, 0.5) is 4.39 Å². The number of ketones is 1. The number of ether oxygens (including phenoxy) is 1. The van der Waals surface area contributed by atoms with Crippen molar-refractivity contribution in [3.8, 4) is 5.75 Å². The lowest BCUT2D eigenvalue weighted by atomic mass is 10.1. The van der Waals surface area contributed by atoms with Crippen molar-refractivity contribution in [1.82, 2.24) is 4.90 Å². The van der Waals surface area contributed by atoms with Crippen molar-refractivity contribution in [2.75, 3.05) is 13.2 Å². The third kappa shape index (κ3) is 5.07. The Morgan fingerprint density at radius 3 is 2.52 bits per heavy atom. The van der Waals surface area contributed by atoms with Crippen molar-refractivity contribution in [3.05, 3.63) is 70.4 Å². The maximum atomic E-state index is 13.6. The van der Waals surface area contributed by atoms with Gasteiger partial charge in [-0.2, -0.15) is 0 Å². The van der Waals surface area contributed by atoms with Crippen molar-refractivity contribution >= 4 is 52.0 Å². The lowest BCUT2D eigenvalue weighted by Gasteiger charge is -2.10. The molecule has 2 aromatic rings. The summed E-state index contributed by atoms with van der Waals surface area (Å²) in [6.07, 6.45) is 1.59. The van der Waals surface area contributed by atoms with Crippen LogP contribution in [0.15, 0.2) is 53.4 Å². The second-order valence-corrected chi connectivity index (χ2v) is 7.60. The molecule has 1 aliphatic rings. The lowest BCUT2D eigenvalue weighted by Crippen LogP contribution is -2.33. The molecule has 1 heterocycles. The van der Waals surface area contributed by atoms with Gasteiger partial charge in [-0.15, -0.1) is 0 Å². The van der Waals surface area contributed by atoms with Crippen molar-refractivity contribution in [2.24, 2.45) is 0 Å². The number of carbonyl (C=O) groups is 3. The van der Waals surface area contributed by atoms with Crippen LogP contribution in [0, 0.1) is 5.82 Å². The predicted molar refractivity (Wildman–Crippen MR) is 110 cm³/mol. The number of aliphatic carboxylic acids is 1. The zero-order chi connectivity index (χ0) is 21.0. The lowest BCUT2D eigenvalue weighted by molar-refractivity contribution is -0.140. The molecule has 0 atom stereocenters. The number of nitrogens with zero attached hydrogens (tertiary/aromatic N) is 1. The highest BCUT2D eigenvalue weighted by molar-refractivity contribution is 8.26. The fourth-order valence-electron chi connectivity index (χ4n) is 2.50. The molecule has 3 rings (SSSR count). The van der Waals surface area contributed by atoms with Gasteiger partial charge in [-0.25, -0.2) is 4.39 Å². The first kappa shape index (κ1) is 20.7. The van der Waals surface area contributed by atoms with Crippen molar-refractivity contribution in [3.63, 3.8) is 0 Å². The molecular formula is C20H14FNO5S2. The van der Waals surface area contributed by atoms with E-state index in [9.17, 15) is 18.8 Å². The minimum absolute atomic E-state index is 0.0347. The molecule has 0 aliphatic carbocycles. The Morgan fingerprint density at radius 1 is 1.17 bits per heavy atom. The molecular weight excluding hydrogens is 417 g/mol. The number of carboxylic acids is 1. The number of amides is 1. The van der Waals surface area contributed by atoms with Crippen LogP contribution in [0.2, 0.25) is 0 Å². The van der Waals surface area contributed by atoms with Gasteiger partial charge in [0.15, 0.2) is 6.61 Å². The van der Waals surface area contributed by atoms with Gasteiger partial charge in [-0.3, -0.25) is 19.3 Å². The number of hydrogen-bond acceptors (Lipinski definition) is 6. The van der Waals surface area contributed by atoms with Crippen molar-refractivity contribution in [2.45, 2.75) is 0 Å². The Balaban J connectivity index is 1.63. The van der Waals surface area contributed by atoms with Crippen LogP contribution in [0.25, 0.3) is 6.08 Å². The third-order valence-electron chi connectivity index (χ3n) is 3.89. The summed E-state index contributed by atoms with van der Waals surface area (Å²) in [5, 5.41) is 8.85. The molecule has 0 radical (unpaired) electrons. The van der Waals surface area contributed by atoms with E-state index in [1.54, 1.807) is 36.4 Å². The summed E-state index contributed by atoms with van der Waals surface area (Å²) in [5.41, 5.74) is 0.640. The summed E-state index contributed by atoms with van der Waals surface area (Å²) in [6.45, 7) is -0.793. The van der Waals surface area contributed by atoms with Gasteiger partial charge in [0.25, 0.3) is 5.91 Å². The van der Waals surface area contributed by atoms with Crippen LogP contribution in [-0.4, -0.2) is 45.1 Å². The first-order chi connectivity index (χ1) is 13.8. The zero-order valence-electron chi connectivity index (χ0n) is 14.8. The summed E-state index contributed by atoms with van der Waals surface area (Å²) in [6, 6.07) is 12.2. The molecule has 0 unspecified atom stereocenters. The van der Waals surface area contributed by atoms with E-state index in [4.69, 9.17) is 22.1 Å². The van der Waals surface area contributed by atoms with Crippen molar-refractivity contribution < 1.29 is 28.6 Å². The fourth-order valence-corrected chi connectivity index (χ4v) is 3.75. The Bertz CT molecular complexity index is 1020. The van der Waals surface area contributed by atoms with Gasteiger partial charge >= 0.3 is 5.97 Å². The van der Waals surface area contributed by atoms with E-state index in [0.29, 0.717) is 16.2 Å². The van der Waals surface area contributed by atoms with Crippen LogP contribution in [0.5, 0.6) is 5.75 Å². The molecule has 1 N–H and O–H groups in total. The van der Waals surface area contributed by atoms with Gasteiger partial charge in [0.1, 0.15) is 22.4 Å². The molecule has 2 aromatic carbocycles. The normalized spacial score (nSPS) is 15.1. The van der Waals surface area contributed by atoms with E-state index in [1.807, 2.05) is 0 Å². The first-order valence-electron chi connectivity index (χ1n) is 8.33.